The second-order valence-electron chi connectivity index (χ2n) is 2.74. The molecule has 6 heteroatoms. The molecule has 0 saturated carbocycles. The number of hydrogen-bond acceptors (Lipinski definition) is 4. The van der Waals surface area contributed by atoms with Crippen molar-refractivity contribution in [2.45, 2.75) is 6.92 Å². The van der Waals surface area contributed by atoms with Crippen LogP contribution in [0.3, 0.4) is 0 Å². The quantitative estimate of drug-likeness (QED) is 0.816. The summed E-state index contributed by atoms with van der Waals surface area (Å²) in [5, 5.41) is 0. The van der Waals surface area contributed by atoms with Crippen LogP contribution < -0.4 is 5.56 Å². The Morgan fingerprint density at radius 1 is 1.57 bits per heavy atom. The summed E-state index contributed by atoms with van der Waals surface area (Å²) >= 11 is 3.28. The van der Waals surface area contributed by atoms with Crippen LogP contribution in [0.5, 0.6) is 0 Å². The van der Waals surface area contributed by atoms with Gasteiger partial charge in [-0.2, -0.15) is 4.37 Å². The lowest BCUT2D eigenvalue weighted by Crippen LogP contribution is -2.10. The van der Waals surface area contributed by atoms with Gasteiger partial charge < -0.3 is 4.98 Å². The number of H-pyrrole nitrogens is 1. The van der Waals surface area contributed by atoms with Gasteiger partial charge in [0.1, 0.15) is 0 Å². The molecule has 4 nitrogen and oxygen atoms in total. The first-order chi connectivity index (χ1) is 6.66. The van der Waals surface area contributed by atoms with E-state index in [0.717, 1.165) is 10.6 Å². The highest BCUT2D eigenvalue weighted by Gasteiger charge is 2.05. The van der Waals surface area contributed by atoms with Gasteiger partial charge in [0, 0.05) is 6.20 Å². The van der Waals surface area contributed by atoms with Crippen molar-refractivity contribution >= 4 is 34.1 Å². The van der Waals surface area contributed by atoms with Gasteiger partial charge in [-0.1, -0.05) is 0 Å². The van der Waals surface area contributed by atoms with Crippen LogP contribution in [-0.2, 0) is 0 Å². The predicted molar refractivity (Wildman–Crippen MR) is 63.4 cm³/mol. The number of nitrogens with one attached hydrogen (secondary N) is 1. The van der Waals surface area contributed by atoms with Gasteiger partial charge in [0.25, 0.3) is 5.56 Å². The zero-order chi connectivity index (χ0) is 10.1. The standard InChI is InChI=1S/C8H6IN3OS/c1-4-2-6(14-12-4)7-10-3-5(9)8(13)11-7/h2-3H,1H3,(H,10,11,13). The van der Waals surface area contributed by atoms with E-state index in [1.165, 1.54) is 11.5 Å². The van der Waals surface area contributed by atoms with Crippen LogP contribution in [0, 0.1) is 10.5 Å². The molecule has 0 atom stereocenters. The average Bonchev–Trinajstić information content (AvgIpc) is 2.57. The summed E-state index contributed by atoms with van der Waals surface area (Å²) in [5.74, 6) is 0.584. The van der Waals surface area contributed by atoms with Crippen molar-refractivity contribution in [3.05, 3.63) is 31.9 Å². The van der Waals surface area contributed by atoms with E-state index in [9.17, 15) is 4.79 Å². The molecule has 2 rings (SSSR count). The van der Waals surface area contributed by atoms with Gasteiger partial charge in [0.2, 0.25) is 0 Å². The van der Waals surface area contributed by atoms with Crippen LogP contribution in [0.4, 0.5) is 0 Å². The first-order valence-corrected chi connectivity index (χ1v) is 5.70. The largest absolute Gasteiger partial charge is 0.305 e. The number of nitrogens with zero attached hydrogens (tertiary/aromatic N) is 2. The van der Waals surface area contributed by atoms with Crippen molar-refractivity contribution in [3.8, 4) is 10.7 Å². The zero-order valence-corrected chi connectivity index (χ0v) is 10.2. The van der Waals surface area contributed by atoms with Crippen molar-refractivity contribution in [3.63, 3.8) is 0 Å². The maximum absolute atomic E-state index is 11.3. The third-order valence-electron chi connectivity index (χ3n) is 1.62. The molecule has 0 radical (unpaired) electrons. The molecule has 0 aliphatic heterocycles. The molecule has 0 saturated heterocycles. The molecule has 72 valence electrons. The molecule has 2 aromatic rings. The van der Waals surface area contributed by atoms with E-state index in [4.69, 9.17) is 0 Å². The van der Waals surface area contributed by atoms with Crippen molar-refractivity contribution in [2.24, 2.45) is 0 Å². The molecule has 0 aromatic carbocycles. The summed E-state index contributed by atoms with van der Waals surface area (Å²) in [6.07, 6.45) is 1.56. The Kier molecular flexibility index (Phi) is 2.64. The molecule has 2 aromatic heterocycles. The van der Waals surface area contributed by atoms with Crippen molar-refractivity contribution in [1.82, 2.24) is 14.3 Å². The minimum atomic E-state index is -0.110. The van der Waals surface area contributed by atoms with E-state index in [2.05, 4.69) is 14.3 Å². The Labute approximate surface area is 97.7 Å². The first-order valence-electron chi connectivity index (χ1n) is 3.85. The molecule has 1 N–H and O–H groups in total. The minimum absolute atomic E-state index is 0.110. The molecular formula is C8H6IN3OS. The Bertz CT molecular complexity index is 519. The molecule has 14 heavy (non-hydrogen) atoms. The van der Waals surface area contributed by atoms with E-state index in [1.807, 2.05) is 35.6 Å². The minimum Gasteiger partial charge on any atom is -0.305 e. The highest BCUT2D eigenvalue weighted by Crippen LogP contribution is 2.19. The van der Waals surface area contributed by atoms with Crippen molar-refractivity contribution in [2.75, 3.05) is 0 Å². The van der Waals surface area contributed by atoms with E-state index in [1.54, 1.807) is 6.20 Å². The van der Waals surface area contributed by atoms with Crippen LogP contribution in [0.2, 0.25) is 0 Å². The maximum Gasteiger partial charge on any atom is 0.264 e. The number of aryl methyl sites for hydroxylation is 1. The molecule has 0 spiro atoms. The van der Waals surface area contributed by atoms with Gasteiger partial charge in [-0.25, -0.2) is 4.98 Å². The summed E-state index contributed by atoms with van der Waals surface area (Å²) in [6.45, 7) is 1.91. The third-order valence-corrected chi connectivity index (χ3v) is 3.27. The molecule has 0 aliphatic carbocycles. The topological polar surface area (TPSA) is 58.6 Å². The van der Waals surface area contributed by atoms with Gasteiger partial charge in [-0.15, -0.1) is 0 Å². The molecule has 0 fully saturated rings. The maximum atomic E-state index is 11.3. The van der Waals surface area contributed by atoms with Crippen LogP contribution in [0.25, 0.3) is 10.7 Å². The molecule has 0 bridgehead atoms. The van der Waals surface area contributed by atoms with Gasteiger partial charge in [-0.05, 0) is 47.1 Å². The summed E-state index contributed by atoms with van der Waals surface area (Å²) in [4.78, 5) is 19.0. The lowest BCUT2D eigenvalue weighted by molar-refractivity contribution is 1.11. The summed E-state index contributed by atoms with van der Waals surface area (Å²) < 4.78 is 4.71. The van der Waals surface area contributed by atoms with Gasteiger partial charge in [-0.3, -0.25) is 4.79 Å². The van der Waals surface area contributed by atoms with Gasteiger partial charge >= 0.3 is 0 Å². The smallest absolute Gasteiger partial charge is 0.264 e. The van der Waals surface area contributed by atoms with Crippen molar-refractivity contribution in [1.29, 1.82) is 0 Å². The van der Waals surface area contributed by atoms with E-state index < -0.39 is 0 Å². The SMILES string of the molecule is Cc1cc(-c2ncc(I)c(=O)[nH]2)sn1. The zero-order valence-electron chi connectivity index (χ0n) is 7.24. The molecule has 0 unspecified atom stereocenters. The lowest BCUT2D eigenvalue weighted by atomic mass is 10.4. The van der Waals surface area contributed by atoms with E-state index in [0.29, 0.717) is 9.39 Å². The molecule has 0 aliphatic rings. The molecular weight excluding hydrogens is 313 g/mol. The Morgan fingerprint density at radius 2 is 2.36 bits per heavy atom. The Balaban J connectivity index is 2.53. The molecule has 2 heterocycles. The highest BCUT2D eigenvalue weighted by molar-refractivity contribution is 14.1. The van der Waals surface area contributed by atoms with E-state index >= 15 is 0 Å². The summed E-state index contributed by atoms with van der Waals surface area (Å²) in [7, 11) is 0. The number of aromatic nitrogens is 3. The van der Waals surface area contributed by atoms with Crippen LogP contribution in [0.15, 0.2) is 17.1 Å². The third kappa shape index (κ3) is 1.85. The van der Waals surface area contributed by atoms with Crippen LogP contribution >= 0.6 is 34.1 Å². The van der Waals surface area contributed by atoms with Crippen LogP contribution in [-0.4, -0.2) is 14.3 Å². The van der Waals surface area contributed by atoms with Gasteiger partial charge in [0.15, 0.2) is 5.82 Å². The fraction of sp³-hybridized carbons (Fsp3) is 0.125. The van der Waals surface area contributed by atoms with E-state index in [-0.39, 0.29) is 5.56 Å². The summed E-state index contributed by atoms with van der Waals surface area (Å²) in [6, 6.07) is 1.90. The second kappa shape index (κ2) is 3.77. The Morgan fingerprint density at radius 3 is 2.93 bits per heavy atom. The van der Waals surface area contributed by atoms with Crippen LogP contribution in [0.1, 0.15) is 5.69 Å². The monoisotopic (exact) mass is 319 g/mol. The fourth-order valence-corrected chi connectivity index (χ4v) is 1.96. The lowest BCUT2D eigenvalue weighted by Gasteiger charge is -1.94. The average molecular weight is 319 g/mol. The number of hydrogen-bond donors (Lipinski definition) is 1. The second-order valence-corrected chi connectivity index (χ2v) is 4.71. The number of aromatic amines is 1. The van der Waals surface area contributed by atoms with Gasteiger partial charge in [0.05, 0.1) is 14.1 Å². The van der Waals surface area contributed by atoms with Crippen molar-refractivity contribution < 1.29 is 0 Å². The number of rotatable bonds is 1. The normalized spacial score (nSPS) is 10.4. The Hall–Kier alpha value is -0.760. The first kappa shape index (κ1) is 9.78. The fourth-order valence-electron chi connectivity index (χ4n) is 0.980. The highest BCUT2D eigenvalue weighted by atomic mass is 127. The molecule has 0 amide bonds. The predicted octanol–water partition coefficient (Wildman–Crippen LogP) is 1.81. The summed E-state index contributed by atoms with van der Waals surface area (Å²) in [5.41, 5.74) is 0.827. The number of halogens is 1.